The van der Waals surface area contributed by atoms with E-state index in [1.54, 1.807) is 6.07 Å². The zero-order valence-corrected chi connectivity index (χ0v) is 11.3. The molecule has 19 heavy (non-hydrogen) atoms. The predicted molar refractivity (Wildman–Crippen MR) is 73.5 cm³/mol. The van der Waals surface area contributed by atoms with Gasteiger partial charge in [-0.25, -0.2) is 0 Å². The molecule has 1 fully saturated rings. The van der Waals surface area contributed by atoms with Crippen molar-refractivity contribution in [2.75, 3.05) is 26.2 Å². The summed E-state index contributed by atoms with van der Waals surface area (Å²) in [7, 11) is 0. The molecule has 0 aliphatic carbocycles. The fourth-order valence-electron chi connectivity index (χ4n) is 2.66. The van der Waals surface area contributed by atoms with Crippen molar-refractivity contribution in [1.82, 2.24) is 10.2 Å². The third kappa shape index (κ3) is 2.93. The van der Waals surface area contributed by atoms with E-state index in [1.807, 2.05) is 0 Å². The van der Waals surface area contributed by atoms with Crippen molar-refractivity contribution in [3.63, 3.8) is 0 Å². The zero-order valence-electron chi connectivity index (χ0n) is 11.3. The highest BCUT2D eigenvalue weighted by Crippen LogP contribution is 2.42. The van der Waals surface area contributed by atoms with Crippen molar-refractivity contribution in [1.29, 1.82) is 0 Å². The van der Waals surface area contributed by atoms with Gasteiger partial charge in [0.05, 0.1) is 0 Å². The molecule has 4 N–H and O–H groups in total. The number of rotatable bonds is 4. The van der Waals surface area contributed by atoms with E-state index < -0.39 is 5.75 Å². The lowest BCUT2D eigenvalue weighted by atomic mass is 9.98. The van der Waals surface area contributed by atoms with Crippen molar-refractivity contribution in [3.8, 4) is 17.2 Å². The molecule has 5 nitrogen and oxygen atoms in total. The monoisotopic (exact) mass is 266 g/mol. The second kappa shape index (κ2) is 6.12. The topological polar surface area (TPSA) is 76.0 Å². The van der Waals surface area contributed by atoms with Gasteiger partial charge in [-0.2, -0.15) is 0 Å². The smallest absolute Gasteiger partial charge is 0.200 e. The van der Waals surface area contributed by atoms with Crippen LogP contribution >= 0.6 is 0 Å². The summed E-state index contributed by atoms with van der Waals surface area (Å²) in [4.78, 5) is 2.31. The number of piperazine rings is 1. The van der Waals surface area contributed by atoms with Gasteiger partial charge >= 0.3 is 0 Å². The molecule has 0 radical (unpaired) electrons. The molecule has 106 valence electrons. The van der Waals surface area contributed by atoms with Crippen molar-refractivity contribution in [3.05, 3.63) is 17.7 Å². The molecular formula is C14H22N2O3. The lowest BCUT2D eigenvalue weighted by molar-refractivity contribution is 0.161. The van der Waals surface area contributed by atoms with Gasteiger partial charge in [0.15, 0.2) is 11.5 Å². The van der Waals surface area contributed by atoms with Crippen LogP contribution in [0.15, 0.2) is 12.1 Å². The Morgan fingerprint density at radius 3 is 2.47 bits per heavy atom. The number of hydrogen-bond donors (Lipinski definition) is 4. The summed E-state index contributed by atoms with van der Waals surface area (Å²) < 4.78 is 0. The lowest BCUT2D eigenvalue weighted by Gasteiger charge is -2.35. The Balaban J connectivity index is 2.30. The standard InChI is InChI=1S/C14H22N2O3/c1-2-3-11(16-8-6-15-7-9-16)10-4-5-12(17)14(19)13(10)18/h4-5,11,15,17-19H,2-3,6-9H2,1H3/t11-/m0/s1. The van der Waals surface area contributed by atoms with Gasteiger partial charge in [0.25, 0.3) is 0 Å². The molecule has 0 unspecified atom stereocenters. The Morgan fingerprint density at radius 1 is 1.16 bits per heavy atom. The molecule has 1 heterocycles. The minimum atomic E-state index is -0.422. The van der Waals surface area contributed by atoms with Gasteiger partial charge in [-0.15, -0.1) is 0 Å². The molecule has 0 spiro atoms. The molecule has 0 aromatic heterocycles. The lowest BCUT2D eigenvalue weighted by Crippen LogP contribution is -2.45. The first-order valence-corrected chi connectivity index (χ1v) is 6.83. The Morgan fingerprint density at radius 2 is 1.84 bits per heavy atom. The van der Waals surface area contributed by atoms with Gasteiger partial charge in [0, 0.05) is 37.8 Å². The molecular weight excluding hydrogens is 244 g/mol. The third-order valence-corrected chi connectivity index (χ3v) is 3.67. The van der Waals surface area contributed by atoms with Crippen LogP contribution in [0.1, 0.15) is 31.4 Å². The summed E-state index contributed by atoms with van der Waals surface area (Å²) in [6, 6.07) is 3.22. The van der Waals surface area contributed by atoms with Gasteiger partial charge in [-0.1, -0.05) is 13.3 Å². The number of hydrogen-bond acceptors (Lipinski definition) is 5. The molecule has 1 aromatic carbocycles. The first kappa shape index (κ1) is 14.0. The Labute approximate surface area is 113 Å². The molecule has 0 bridgehead atoms. The van der Waals surface area contributed by atoms with Crippen LogP contribution in [0.5, 0.6) is 17.2 Å². The molecule has 0 saturated carbocycles. The van der Waals surface area contributed by atoms with Gasteiger partial charge in [-0.05, 0) is 18.6 Å². The Bertz CT molecular complexity index is 431. The highest BCUT2D eigenvalue weighted by molar-refractivity contribution is 5.54. The van der Waals surface area contributed by atoms with E-state index in [9.17, 15) is 15.3 Å². The van der Waals surface area contributed by atoms with Gasteiger partial charge in [-0.3, -0.25) is 4.90 Å². The van der Waals surface area contributed by atoms with Crippen LogP contribution in [0.3, 0.4) is 0 Å². The number of phenolic OH excluding ortho intramolecular Hbond substituents is 3. The number of aromatic hydroxyl groups is 3. The molecule has 1 saturated heterocycles. The average Bonchev–Trinajstić information content (AvgIpc) is 2.44. The number of benzene rings is 1. The predicted octanol–water partition coefficient (Wildman–Crippen LogP) is 1.55. The van der Waals surface area contributed by atoms with Crippen LogP contribution in [-0.4, -0.2) is 46.4 Å². The average molecular weight is 266 g/mol. The quantitative estimate of drug-likeness (QED) is 0.622. The van der Waals surface area contributed by atoms with Crippen LogP contribution in [0, 0.1) is 0 Å². The zero-order chi connectivity index (χ0) is 13.8. The van der Waals surface area contributed by atoms with E-state index in [2.05, 4.69) is 17.1 Å². The van der Waals surface area contributed by atoms with Crippen LogP contribution in [0.4, 0.5) is 0 Å². The second-order valence-corrected chi connectivity index (χ2v) is 4.96. The molecule has 1 aromatic rings. The van der Waals surface area contributed by atoms with Crippen molar-refractivity contribution < 1.29 is 15.3 Å². The minimum Gasteiger partial charge on any atom is -0.504 e. The fraction of sp³-hybridized carbons (Fsp3) is 0.571. The maximum atomic E-state index is 10.1. The van der Waals surface area contributed by atoms with Gasteiger partial charge < -0.3 is 20.6 Å². The molecule has 5 heteroatoms. The first-order valence-electron chi connectivity index (χ1n) is 6.83. The Hall–Kier alpha value is -1.46. The molecule has 1 atom stereocenters. The van der Waals surface area contributed by atoms with E-state index in [4.69, 9.17) is 0 Å². The van der Waals surface area contributed by atoms with E-state index in [0.717, 1.165) is 39.0 Å². The molecule has 1 aliphatic heterocycles. The van der Waals surface area contributed by atoms with Gasteiger partial charge in [0.1, 0.15) is 0 Å². The van der Waals surface area contributed by atoms with Crippen molar-refractivity contribution in [2.24, 2.45) is 0 Å². The van der Waals surface area contributed by atoms with E-state index in [1.165, 1.54) is 6.07 Å². The van der Waals surface area contributed by atoms with Gasteiger partial charge in [0.2, 0.25) is 5.75 Å². The summed E-state index contributed by atoms with van der Waals surface area (Å²) in [5.41, 5.74) is 0.694. The van der Waals surface area contributed by atoms with E-state index in [0.29, 0.717) is 5.56 Å². The first-order chi connectivity index (χ1) is 9.15. The molecule has 1 aliphatic rings. The highest BCUT2D eigenvalue weighted by atomic mass is 16.3. The maximum absolute atomic E-state index is 10.1. The van der Waals surface area contributed by atoms with Crippen LogP contribution in [-0.2, 0) is 0 Å². The molecule has 2 rings (SSSR count). The second-order valence-electron chi connectivity index (χ2n) is 4.96. The fourth-order valence-corrected chi connectivity index (χ4v) is 2.66. The summed E-state index contributed by atoms with van der Waals surface area (Å²) >= 11 is 0. The molecule has 0 amide bonds. The summed E-state index contributed by atoms with van der Waals surface area (Å²) in [5.74, 6) is -0.900. The van der Waals surface area contributed by atoms with Crippen molar-refractivity contribution in [2.45, 2.75) is 25.8 Å². The largest absolute Gasteiger partial charge is 0.504 e. The third-order valence-electron chi connectivity index (χ3n) is 3.67. The van der Waals surface area contributed by atoms with Crippen LogP contribution in [0.2, 0.25) is 0 Å². The summed E-state index contributed by atoms with van der Waals surface area (Å²) in [6.07, 6.45) is 1.91. The number of nitrogens with zero attached hydrogens (tertiary/aromatic N) is 1. The van der Waals surface area contributed by atoms with Crippen LogP contribution in [0.25, 0.3) is 0 Å². The van der Waals surface area contributed by atoms with E-state index >= 15 is 0 Å². The van der Waals surface area contributed by atoms with Crippen molar-refractivity contribution >= 4 is 0 Å². The normalized spacial score (nSPS) is 18.4. The number of nitrogens with one attached hydrogen (secondary N) is 1. The maximum Gasteiger partial charge on any atom is 0.200 e. The summed E-state index contributed by atoms with van der Waals surface area (Å²) in [5, 5.41) is 32.4. The highest BCUT2D eigenvalue weighted by Gasteiger charge is 2.25. The SMILES string of the molecule is CCC[C@@H](c1ccc(O)c(O)c1O)N1CCNCC1. The Kier molecular flexibility index (Phi) is 4.50. The number of phenols is 3. The van der Waals surface area contributed by atoms with Crippen LogP contribution < -0.4 is 5.32 Å². The van der Waals surface area contributed by atoms with E-state index in [-0.39, 0.29) is 17.5 Å². The summed E-state index contributed by atoms with van der Waals surface area (Å²) in [6.45, 7) is 5.82. The minimum absolute atomic E-state index is 0.0820.